The van der Waals surface area contributed by atoms with Crippen LogP contribution in [0.25, 0.3) is 0 Å². The first-order valence-electron chi connectivity index (χ1n) is 5.81. The molecule has 0 aliphatic carbocycles. The third-order valence-electron chi connectivity index (χ3n) is 2.88. The molecule has 0 aliphatic heterocycles. The van der Waals surface area contributed by atoms with Gasteiger partial charge in [0.15, 0.2) is 5.78 Å². The lowest BCUT2D eigenvalue weighted by Gasteiger charge is -2.11. The summed E-state index contributed by atoms with van der Waals surface area (Å²) in [5.74, 6) is -0.978. The molecule has 0 unspecified atom stereocenters. The van der Waals surface area contributed by atoms with Gasteiger partial charge >= 0.3 is 0 Å². The molecular formula is C15H11BrFNO2. The Morgan fingerprint density at radius 2 is 1.85 bits per heavy atom. The van der Waals surface area contributed by atoms with Crippen molar-refractivity contribution in [3.8, 4) is 0 Å². The van der Waals surface area contributed by atoms with Crippen LogP contribution < -0.4 is 4.90 Å². The smallest absolute Gasteiger partial charge is 0.213 e. The fraction of sp³-hybridized carbons (Fsp3) is 0.0667. The van der Waals surface area contributed by atoms with E-state index in [0.717, 1.165) is 0 Å². The predicted octanol–water partition coefficient (Wildman–Crippen LogP) is 3.41. The molecule has 3 nitrogen and oxygen atoms in total. The summed E-state index contributed by atoms with van der Waals surface area (Å²) in [4.78, 5) is 24.3. The largest absolute Gasteiger partial charge is 0.318 e. The minimum absolute atomic E-state index is 0.00370. The molecule has 0 aliphatic rings. The standard InChI is InChI=1S/C15H11BrFNO2/c1-18(9-19)11-7-5-10(6-8-11)15(20)14-12(16)3-2-4-13(14)17/h2-9H,1H3. The van der Waals surface area contributed by atoms with E-state index in [4.69, 9.17) is 0 Å². The lowest BCUT2D eigenvalue weighted by molar-refractivity contribution is -0.107. The Labute approximate surface area is 124 Å². The second-order valence-electron chi connectivity index (χ2n) is 4.19. The molecule has 5 heteroatoms. The maximum absolute atomic E-state index is 13.7. The average molecular weight is 336 g/mol. The van der Waals surface area contributed by atoms with Gasteiger partial charge in [-0.15, -0.1) is 0 Å². The number of benzene rings is 2. The Kier molecular flexibility index (Phi) is 4.29. The Bertz CT molecular complexity index is 635. The molecule has 2 aromatic carbocycles. The molecular weight excluding hydrogens is 325 g/mol. The zero-order valence-electron chi connectivity index (χ0n) is 10.6. The van der Waals surface area contributed by atoms with E-state index in [1.165, 1.54) is 17.0 Å². The quantitative estimate of drug-likeness (QED) is 0.634. The monoisotopic (exact) mass is 335 g/mol. The normalized spacial score (nSPS) is 10.2. The highest BCUT2D eigenvalue weighted by atomic mass is 79.9. The number of amides is 1. The molecule has 20 heavy (non-hydrogen) atoms. The number of ketones is 1. The highest BCUT2D eigenvalue weighted by molar-refractivity contribution is 9.10. The van der Waals surface area contributed by atoms with Crippen LogP contribution >= 0.6 is 15.9 Å². The van der Waals surface area contributed by atoms with E-state index in [0.29, 0.717) is 22.1 Å². The van der Waals surface area contributed by atoms with Crippen molar-refractivity contribution in [1.82, 2.24) is 0 Å². The van der Waals surface area contributed by atoms with E-state index in [-0.39, 0.29) is 5.56 Å². The summed E-state index contributed by atoms with van der Waals surface area (Å²) < 4.78 is 14.2. The zero-order valence-corrected chi connectivity index (χ0v) is 12.2. The van der Waals surface area contributed by atoms with Crippen molar-refractivity contribution in [3.63, 3.8) is 0 Å². The van der Waals surface area contributed by atoms with Gasteiger partial charge in [0.1, 0.15) is 5.82 Å². The van der Waals surface area contributed by atoms with E-state index in [1.807, 2.05) is 0 Å². The highest BCUT2D eigenvalue weighted by Crippen LogP contribution is 2.23. The Morgan fingerprint density at radius 1 is 1.20 bits per heavy atom. The first-order chi connectivity index (χ1) is 9.54. The van der Waals surface area contributed by atoms with Crippen molar-refractivity contribution in [1.29, 1.82) is 0 Å². The molecule has 0 saturated carbocycles. The van der Waals surface area contributed by atoms with Gasteiger partial charge in [-0.05, 0) is 52.3 Å². The number of nitrogens with zero attached hydrogens (tertiary/aromatic N) is 1. The van der Waals surface area contributed by atoms with E-state index in [9.17, 15) is 14.0 Å². The van der Waals surface area contributed by atoms with Gasteiger partial charge in [0.2, 0.25) is 6.41 Å². The second-order valence-corrected chi connectivity index (χ2v) is 5.04. The van der Waals surface area contributed by atoms with Crippen molar-refractivity contribution in [2.45, 2.75) is 0 Å². The van der Waals surface area contributed by atoms with E-state index in [1.54, 1.807) is 37.4 Å². The summed E-state index contributed by atoms with van der Waals surface area (Å²) in [6, 6.07) is 10.8. The molecule has 0 saturated heterocycles. The molecule has 0 heterocycles. The highest BCUT2D eigenvalue weighted by Gasteiger charge is 2.17. The first kappa shape index (κ1) is 14.4. The SMILES string of the molecule is CN(C=O)c1ccc(C(=O)c2c(F)cccc2Br)cc1. The van der Waals surface area contributed by atoms with Crippen LogP contribution in [-0.4, -0.2) is 19.2 Å². The number of hydrogen-bond acceptors (Lipinski definition) is 2. The maximum atomic E-state index is 13.7. The summed E-state index contributed by atoms with van der Waals surface area (Å²) >= 11 is 3.18. The summed E-state index contributed by atoms with van der Waals surface area (Å²) in [5.41, 5.74) is 1.02. The number of hydrogen-bond donors (Lipinski definition) is 0. The van der Waals surface area contributed by atoms with Gasteiger partial charge in [-0.1, -0.05) is 6.07 Å². The summed E-state index contributed by atoms with van der Waals surface area (Å²) in [7, 11) is 1.61. The third-order valence-corrected chi connectivity index (χ3v) is 3.55. The second kappa shape index (κ2) is 5.96. The third kappa shape index (κ3) is 2.77. The molecule has 0 radical (unpaired) electrons. The molecule has 0 atom stereocenters. The molecule has 2 rings (SSSR count). The van der Waals surface area contributed by atoms with Gasteiger partial charge < -0.3 is 4.90 Å². The van der Waals surface area contributed by atoms with Crippen LogP contribution in [0.1, 0.15) is 15.9 Å². The average Bonchev–Trinajstić information content (AvgIpc) is 2.46. The molecule has 0 aromatic heterocycles. The zero-order chi connectivity index (χ0) is 14.7. The number of anilines is 1. The fourth-order valence-corrected chi connectivity index (χ4v) is 2.29. The van der Waals surface area contributed by atoms with Crippen molar-refractivity contribution < 1.29 is 14.0 Å². The minimum Gasteiger partial charge on any atom is -0.318 e. The van der Waals surface area contributed by atoms with Crippen molar-refractivity contribution in [2.24, 2.45) is 0 Å². The summed E-state index contributed by atoms with van der Waals surface area (Å²) in [6.45, 7) is 0. The molecule has 102 valence electrons. The van der Waals surface area contributed by atoms with Gasteiger partial charge in [-0.2, -0.15) is 0 Å². The molecule has 0 spiro atoms. The number of rotatable bonds is 4. The van der Waals surface area contributed by atoms with Crippen molar-refractivity contribution >= 4 is 33.8 Å². The van der Waals surface area contributed by atoms with Crippen LogP contribution in [0.2, 0.25) is 0 Å². The lowest BCUT2D eigenvalue weighted by atomic mass is 10.0. The van der Waals surface area contributed by atoms with E-state index < -0.39 is 11.6 Å². The number of halogens is 2. The molecule has 2 aromatic rings. The number of carbonyl (C=O) groups excluding carboxylic acids is 2. The van der Waals surface area contributed by atoms with E-state index >= 15 is 0 Å². The molecule has 0 bridgehead atoms. The van der Waals surface area contributed by atoms with Gasteiger partial charge in [-0.25, -0.2) is 4.39 Å². The van der Waals surface area contributed by atoms with Crippen LogP contribution in [0.5, 0.6) is 0 Å². The Morgan fingerprint density at radius 3 is 2.40 bits per heavy atom. The summed E-state index contributed by atoms with van der Waals surface area (Å²) in [5, 5.41) is 0. The first-order valence-corrected chi connectivity index (χ1v) is 6.61. The summed E-state index contributed by atoms with van der Waals surface area (Å²) in [6.07, 6.45) is 0.671. The van der Waals surface area contributed by atoms with Gasteiger partial charge in [0.05, 0.1) is 5.56 Å². The van der Waals surface area contributed by atoms with Gasteiger partial charge in [-0.3, -0.25) is 9.59 Å². The Balaban J connectivity index is 2.37. The molecule has 1 amide bonds. The van der Waals surface area contributed by atoms with Crippen LogP contribution in [0.3, 0.4) is 0 Å². The minimum atomic E-state index is -0.571. The topological polar surface area (TPSA) is 37.4 Å². The fourth-order valence-electron chi connectivity index (χ4n) is 1.77. The van der Waals surface area contributed by atoms with Crippen molar-refractivity contribution in [3.05, 3.63) is 63.9 Å². The molecule has 0 N–H and O–H groups in total. The van der Waals surface area contributed by atoms with Crippen molar-refractivity contribution in [2.75, 3.05) is 11.9 Å². The lowest BCUT2D eigenvalue weighted by Crippen LogP contribution is -2.13. The maximum Gasteiger partial charge on any atom is 0.213 e. The van der Waals surface area contributed by atoms with Crippen LogP contribution in [0.4, 0.5) is 10.1 Å². The van der Waals surface area contributed by atoms with Gasteiger partial charge in [0, 0.05) is 22.8 Å². The number of carbonyl (C=O) groups is 2. The Hall–Kier alpha value is -2.01. The van der Waals surface area contributed by atoms with Crippen LogP contribution in [0, 0.1) is 5.82 Å². The predicted molar refractivity (Wildman–Crippen MR) is 78.4 cm³/mol. The van der Waals surface area contributed by atoms with Crippen LogP contribution in [-0.2, 0) is 4.79 Å². The molecule has 0 fully saturated rings. The van der Waals surface area contributed by atoms with E-state index in [2.05, 4.69) is 15.9 Å². The van der Waals surface area contributed by atoms with Gasteiger partial charge in [0.25, 0.3) is 0 Å². The van der Waals surface area contributed by atoms with Crippen LogP contribution in [0.15, 0.2) is 46.9 Å².